The van der Waals surface area contributed by atoms with Gasteiger partial charge in [0.2, 0.25) is 0 Å². The lowest BCUT2D eigenvalue weighted by Gasteiger charge is -2.32. The number of rotatable bonds is 6. The van der Waals surface area contributed by atoms with Crippen molar-refractivity contribution in [3.05, 3.63) is 63.6 Å². The number of aliphatic carboxylic acids is 1. The van der Waals surface area contributed by atoms with Crippen molar-refractivity contribution in [2.45, 2.75) is 12.5 Å². The smallest absolute Gasteiger partial charge is 0.304 e. The molecule has 0 aliphatic carbocycles. The summed E-state index contributed by atoms with van der Waals surface area (Å²) in [6, 6.07) is 12.1. The quantitative estimate of drug-likeness (QED) is 0.664. The Labute approximate surface area is 185 Å². The molecular formula is C20H21Cl3N2O4. The number of ether oxygens (including phenoxy) is 1. The maximum Gasteiger partial charge on any atom is 0.304 e. The average molecular weight is 460 g/mol. The number of para-hydroxylation sites is 1. The number of halogens is 3. The first-order chi connectivity index (χ1) is 13.4. The molecule has 1 fully saturated rings. The lowest BCUT2D eigenvalue weighted by molar-refractivity contribution is -0.137. The first-order valence-electron chi connectivity index (χ1n) is 8.85. The number of carboxylic acid groups (broad SMARTS) is 1. The molecule has 156 valence electrons. The third kappa shape index (κ3) is 6.32. The van der Waals surface area contributed by atoms with Crippen molar-refractivity contribution in [1.82, 2.24) is 4.90 Å². The fraction of sp³-hybridized carbons (Fsp3) is 0.300. The molecule has 1 aliphatic heterocycles. The zero-order valence-corrected chi connectivity index (χ0v) is 17.8. The molecule has 0 spiro atoms. The second-order valence-electron chi connectivity index (χ2n) is 6.48. The standard InChI is InChI=1S/C20H20Cl2N2O4.ClH/c21-15-2-1-3-16(22)19(15)23-20(27)14-6-4-13(5-7-14)17-12-24(10-11-28-17)9-8-18(25)26;/h1-7,17H,8-12H2,(H,23,27)(H,25,26);1H. The Bertz CT molecular complexity index is 841. The first-order valence-corrected chi connectivity index (χ1v) is 9.60. The number of carbonyl (C=O) groups is 2. The van der Waals surface area contributed by atoms with E-state index in [1.54, 1.807) is 30.3 Å². The van der Waals surface area contributed by atoms with Gasteiger partial charge in [-0.1, -0.05) is 41.4 Å². The van der Waals surface area contributed by atoms with Crippen LogP contribution in [0.5, 0.6) is 0 Å². The van der Waals surface area contributed by atoms with Crippen molar-refractivity contribution >= 4 is 53.2 Å². The summed E-state index contributed by atoms with van der Waals surface area (Å²) in [6.07, 6.45) is -0.0474. The van der Waals surface area contributed by atoms with Crippen LogP contribution in [0.4, 0.5) is 5.69 Å². The number of anilines is 1. The van der Waals surface area contributed by atoms with Crippen LogP contribution in [0.3, 0.4) is 0 Å². The van der Waals surface area contributed by atoms with Crippen LogP contribution in [-0.2, 0) is 9.53 Å². The molecule has 29 heavy (non-hydrogen) atoms. The van der Waals surface area contributed by atoms with Gasteiger partial charge in [-0.2, -0.15) is 0 Å². The number of hydrogen-bond donors (Lipinski definition) is 2. The topological polar surface area (TPSA) is 78.9 Å². The molecule has 2 aromatic carbocycles. The fourth-order valence-electron chi connectivity index (χ4n) is 3.01. The number of hydrogen-bond acceptors (Lipinski definition) is 4. The van der Waals surface area contributed by atoms with Crippen LogP contribution in [0.2, 0.25) is 10.0 Å². The molecule has 6 nitrogen and oxygen atoms in total. The lowest BCUT2D eigenvalue weighted by Crippen LogP contribution is -2.39. The van der Waals surface area contributed by atoms with Gasteiger partial charge >= 0.3 is 5.97 Å². The highest BCUT2D eigenvalue weighted by Gasteiger charge is 2.22. The Kier molecular flexibility index (Phi) is 8.74. The molecule has 0 bridgehead atoms. The van der Waals surface area contributed by atoms with E-state index in [9.17, 15) is 9.59 Å². The highest BCUT2D eigenvalue weighted by atomic mass is 35.5. The van der Waals surface area contributed by atoms with Gasteiger partial charge in [-0.15, -0.1) is 12.4 Å². The summed E-state index contributed by atoms with van der Waals surface area (Å²) >= 11 is 12.2. The van der Waals surface area contributed by atoms with E-state index in [-0.39, 0.29) is 30.8 Å². The van der Waals surface area contributed by atoms with E-state index in [0.29, 0.717) is 47.5 Å². The molecular weight excluding hydrogens is 439 g/mol. The van der Waals surface area contributed by atoms with Gasteiger partial charge in [0.1, 0.15) is 0 Å². The number of nitrogens with zero attached hydrogens (tertiary/aromatic N) is 1. The summed E-state index contributed by atoms with van der Waals surface area (Å²) in [5, 5.41) is 12.3. The third-order valence-electron chi connectivity index (χ3n) is 4.54. The summed E-state index contributed by atoms with van der Waals surface area (Å²) < 4.78 is 5.80. The van der Waals surface area contributed by atoms with Crippen LogP contribution in [0.15, 0.2) is 42.5 Å². The normalized spacial score (nSPS) is 16.7. The van der Waals surface area contributed by atoms with Gasteiger partial charge < -0.3 is 15.2 Å². The SMILES string of the molecule is Cl.O=C(O)CCN1CCOC(c2ccc(C(=O)Nc3c(Cl)cccc3Cl)cc2)C1. The Morgan fingerprint density at radius 1 is 1.14 bits per heavy atom. The van der Waals surface area contributed by atoms with Gasteiger partial charge in [-0.05, 0) is 29.8 Å². The molecule has 1 aliphatic rings. The van der Waals surface area contributed by atoms with Gasteiger partial charge in [0.25, 0.3) is 5.91 Å². The molecule has 0 aromatic heterocycles. The van der Waals surface area contributed by atoms with Crippen molar-refractivity contribution in [2.24, 2.45) is 0 Å². The third-order valence-corrected chi connectivity index (χ3v) is 5.17. The molecule has 1 atom stereocenters. The molecule has 2 aromatic rings. The number of morpholine rings is 1. The predicted molar refractivity (Wildman–Crippen MR) is 115 cm³/mol. The molecule has 1 saturated heterocycles. The highest BCUT2D eigenvalue weighted by Crippen LogP contribution is 2.30. The number of carbonyl (C=O) groups excluding carboxylic acids is 1. The summed E-state index contributed by atoms with van der Waals surface area (Å²) in [5.41, 5.74) is 1.79. The second-order valence-corrected chi connectivity index (χ2v) is 7.29. The van der Waals surface area contributed by atoms with E-state index in [0.717, 1.165) is 5.56 Å². The van der Waals surface area contributed by atoms with Gasteiger partial charge in [-0.3, -0.25) is 14.5 Å². The highest BCUT2D eigenvalue weighted by molar-refractivity contribution is 6.40. The van der Waals surface area contributed by atoms with E-state index < -0.39 is 5.97 Å². The molecule has 2 N–H and O–H groups in total. The summed E-state index contributed by atoms with van der Waals surface area (Å²) in [5.74, 6) is -1.12. The van der Waals surface area contributed by atoms with Crippen LogP contribution in [-0.4, -0.2) is 48.1 Å². The second kappa shape index (κ2) is 10.8. The van der Waals surface area contributed by atoms with Crippen LogP contribution in [0.25, 0.3) is 0 Å². The van der Waals surface area contributed by atoms with Gasteiger partial charge in [-0.25, -0.2) is 0 Å². The minimum absolute atomic E-state index is 0. The molecule has 1 heterocycles. The summed E-state index contributed by atoms with van der Waals surface area (Å²) in [6.45, 7) is 2.36. The summed E-state index contributed by atoms with van der Waals surface area (Å²) in [4.78, 5) is 25.3. The molecule has 0 radical (unpaired) electrons. The lowest BCUT2D eigenvalue weighted by atomic mass is 10.0. The zero-order valence-electron chi connectivity index (χ0n) is 15.4. The Hall–Kier alpha value is -1.83. The average Bonchev–Trinajstić information content (AvgIpc) is 2.69. The van der Waals surface area contributed by atoms with Gasteiger partial charge in [0, 0.05) is 25.2 Å². The van der Waals surface area contributed by atoms with E-state index in [2.05, 4.69) is 10.2 Å². The molecule has 1 unspecified atom stereocenters. The molecule has 9 heteroatoms. The molecule has 0 saturated carbocycles. The zero-order chi connectivity index (χ0) is 20.1. The first kappa shape index (κ1) is 23.4. The molecule has 1 amide bonds. The van der Waals surface area contributed by atoms with E-state index >= 15 is 0 Å². The Morgan fingerprint density at radius 2 is 1.79 bits per heavy atom. The Morgan fingerprint density at radius 3 is 2.41 bits per heavy atom. The number of carboxylic acids is 1. The van der Waals surface area contributed by atoms with Crippen LogP contribution in [0, 0.1) is 0 Å². The maximum absolute atomic E-state index is 12.5. The maximum atomic E-state index is 12.5. The predicted octanol–water partition coefficient (Wildman–Crippen LogP) is 4.52. The summed E-state index contributed by atoms with van der Waals surface area (Å²) in [7, 11) is 0. The van der Waals surface area contributed by atoms with Crippen molar-refractivity contribution in [3.63, 3.8) is 0 Å². The molecule has 3 rings (SSSR count). The Balaban J connectivity index is 0.00000300. The number of amides is 1. The minimum atomic E-state index is -0.808. The van der Waals surface area contributed by atoms with Crippen LogP contribution in [0.1, 0.15) is 28.4 Å². The van der Waals surface area contributed by atoms with E-state index in [4.69, 9.17) is 33.0 Å². The fourth-order valence-corrected chi connectivity index (χ4v) is 3.51. The van der Waals surface area contributed by atoms with Gasteiger partial charge in [0.15, 0.2) is 0 Å². The van der Waals surface area contributed by atoms with Crippen molar-refractivity contribution in [1.29, 1.82) is 0 Å². The van der Waals surface area contributed by atoms with Crippen molar-refractivity contribution < 1.29 is 19.4 Å². The number of nitrogens with one attached hydrogen (secondary N) is 1. The monoisotopic (exact) mass is 458 g/mol. The largest absolute Gasteiger partial charge is 0.481 e. The van der Waals surface area contributed by atoms with Gasteiger partial charge in [0.05, 0.1) is 34.9 Å². The van der Waals surface area contributed by atoms with E-state index in [1.807, 2.05) is 12.1 Å². The van der Waals surface area contributed by atoms with Crippen molar-refractivity contribution in [3.8, 4) is 0 Å². The number of benzene rings is 2. The van der Waals surface area contributed by atoms with Crippen molar-refractivity contribution in [2.75, 3.05) is 31.6 Å². The van der Waals surface area contributed by atoms with Crippen LogP contribution < -0.4 is 5.32 Å². The minimum Gasteiger partial charge on any atom is -0.481 e. The van der Waals surface area contributed by atoms with Crippen LogP contribution >= 0.6 is 35.6 Å². The van der Waals surface area contributed by atoms with E-state index in [1.165, 1.54) is 0 Å².